The lowest BCUT2D eigenvalue weighted by molar-refractivity contribution is -0.139. The molecule has 1 aliphatic heterocycles. The van der Waals surface area contributed by atoms with Gasteiger partial charge in [0.2, 0.25) is 0 Å². The van der Waals surface area contributed by atoms with Crippen LogP contribution in [0.4, 0.5) is 4.79 Å². The number of nitrogens with one attached hydrogen (secondary N) is 1. The van der Waals surface area contributed by atoms with Crippen molar-refractivity contribution in [3.8, 4) is 0 Å². The number of hydrogen-bond acceptors (Lipinski definition) is 3. The molecule has 0 aromatic heterocycles. The molecule has 0 aromatic carbocycles. The lowest BCUT2D eigenvalue weighted by Crippen LogP contribution is -2.52. The quantitative estimate of drug-likeness (QED) is 0.690. The van der Waals surface area contributed by atoms with Crippen molar-refractivity contribution in [3.63, 3.8) is 0 Å². The minimum Gasteiger partial charge on any atom is -0.480 e. The number of unbranched alkanes of at least 4 members (excludes halogenated alkanes) is 1. The van der Waals surface area contributed by atoms with Crippen molar-refractivity contribution in [2.45, 2.75) is 83.7 Å². The molecule has 2 N–H and O–H groups in total. The van der Waals surface area contributed by atoms with Gasteiger partial charge in [-0.15, -0.1) is 0 Å². The summed E-state index contributed by atoms with van der Waals surface area (Å²) in [6.45, 7) is 6.52. The van der Waals surface area contributed by atoms with E-state index in [0.717, 1.165) is 51.2 Å². The third kappa shape index (κ3) is 6.45. The van der Waals surface area contributed by atoms with Crippen LogP contribution in [-0.2, 0) is 4.79 Å². The molecule has 2 fully saturated rings. The van der Waals surface area contributed by atoms with Crippen LogP contribution in [0.5, 0.6) is 0 Å². The van der Waals surface area contributed by atoms with Crippen molar-refractivity contribution < 1.29 is 14.7 Å². The van der Waals surface area contributed by atoms with Crippen molar-refractivity contribution in [1.29, 1.82) is 0 Å². The monoisotopic (exact) mass is 367 g/mol. The number of rotatable bonds is 8. The highest BCUT2D eigenvalue weighted by Gasteiger charge is 2.29. The summed E-state index contributed by atoms with van der Waals surface area (Å²) in [5.74, 6) is 0.0784. The van der Waals surface area contributed by atoms with Crippen LogP contribution in [0.25, 0.3) is 0 Å². The molecule has 0 radical (unpaired) electrons. The van der Waals surface area contributed by atoms with E-state index >= 15 is 0 Å². The number of carboxylic acids is 1. The lowest BCUT2D eigenvalue weighted by atomic mass is 9.83. The Morgan fingerprint density at radius 1 is 1.08 bits per heavy atom. The molecule has 0 unspecified atom stereocenters. The third-order valence-electron chi connectivity index (χ3n) is 6.15. The topological polar surface area (TPSA) is 72.9 Å². The molecule has 0 atom stereocenters. The van der Waals surface area contributed by atoms with E-state index in [4.69, 9.17) is 5.11 Å². The zero-order valence-corrected chi connectivity index (χ0v) is 16.6. The third-order valence-corrected chi connectivity index (χ3v) is 6.15. The van der Waals surface area contributed by atoms with Gasteiger partial charge in [-0.3, -0.25) is 9.69 Å². The maximum atomic E-state index is 12.6. The number of carboxylic acid groups (broad SMARTS) is 1. The second-order valence-corrected chi connectivity index (χ2v) is 7.98. The van der Waals surface area contributed by atoms with E-state index in [2.05, 4.69) is 12.2 Å². The SMILES string of the molecule is CCCCC1CCC(NC(=O)N2CCC(N(CC)CC(=O)O)CC2)CC1. The Morgan fingerprint density at radius 2 is 1.73 bits per heavy atom. The van der Waals surface area contributed by atoms with E-state index in [1.165, 1.54) is 32.1 Å². The van der Waals surface area contributed by atoms with Gasteiger partial charge in [0.25, 0.3) is 0 Å². The zero-order chi connectivity index (χ0) is 18.9. The summed E-state index contributed by atoms with van der Waals surface area (Å²) in [6.07, 6.45) is 10.4. The molecule has 1 heterocycles. The van der Waals surface area contributed by atoms with Gasteiger partial charge in [-0.05, 0) is 51.0 Å². The highest BCUT2D eigenvalue weighted by atomic mass is 16.4. The summed E-state index contributed by atoms with van der Waals surface area (Å²) in [5.41, 5.74) is 0. The largest absolute Gasteiger partial charge is 0.480 e. The van der Waals surface area contributed by atoms with Crippen LogP contribution < -0.4 is 5.32 Å². The van der Waals surface area contributed by atoms with Gasteiger partial charge in [0.05, 0.1) is 6.54 Å². The van der Waals surface area contributed by atoms with Gasteiger partial charge >= 0.3 is 12.0 Å². The van der Waals surface area contributed by atoms with Gasteiger partial charge in [-0.1, -0.05) is 33.1 Å². The standard InChI is InChI=1S/C20H37N3O3/c1-3-5-6-16-7-9-17(10-8-16)21-20(26)23-13-11-18(12-14-23)22(4-2)15-19(24)25/h16-18H,3-15H2,1-2H3,(H,21,26)(H,24,25). The average molecular weight is 368 g/mol. The highest BCUT2D eigenvalue weighted by Crippen LogP contribution is 2.28. The predicted octanol–water partition coefficient (Wildman–Crippen LogP) is 3.32. The number of piperidine rings is 1. The summed E-state index contributed by atoms with van der Waals surface area (Å²) >= 11 is 0. The van der Waals surface area contributed by atoms with Crippen LogP contribution >= 0.6 is 0 Å². The van der Waals surface area contributed by atoms with Crippen molar-refractivity contribution in [2.24, 2.45) is 5.92 Å². The number of hydrogen-bond donors (Lipinski definition) is 2. The minimum atomic E-state index is -0.776. The summed E-state index contributed by atoms with van der Waals surface area (Å²) in [4.78, 5) is 27.4. The summed E-state index contributed by atoms with van der Waals surface area (Å²) < 4.78 is 0. The van der Waals surface area contributed by atoms with Gasteiger partial charge in [-0.2, -0.15) is 0 Å². The van der Waals surface area contributed by atoms with Crippen LogP contribution in [0.15, 0.2) is 0 Å². The fourth-order valence-corrected chi connectivity index (χ4v) is 4.46. The van der Waals surface area contributed by atoms with Crippen LogP contribution in [0.2, 0.25) is 0 Å². The van der Waals surface area contributed by atoms with Gasteiger partial charge in [-0.25, -0.2) is 4.79 Å². The van der Waals surface area contributed by atoms with Crippen LogP contribution in [-0.4, -0.2) is 65.2 Å². The summed E-state index contributed by atoms with van der Waals surface area (Å²) in [6, 6.07) is 0.674. The number of nitrogens with zero attached hydrogens (tertiary/aromatic N) is 2. The second kappa shape index (κ2) is 10.8. The molecule has 150 valence electrons. The van der Waals surface area contributed by atoms with E-state index in [9.17, 15) is 9.59 Å². The van der Waals surface area contributed by atoms with Gasteiger partial charge in [0.15, 0.2) is 0 Å². The molecule has 0 bridgehead atoms. The molecule has 1 aliphatic carbocycles. The van der Waals surface area contributed by atoms with Gasteiger partial charge in [0, 0.05) is 25.2 Å². The number of likely N-dealkylation sites (N-methyl/N-ethyl adjacent to an activating group) is 1. The van der Waals surface area contributed by atoms with Gasteiger partial charge in [0.1, 0.15) is 0 Å². The van der Waals surface area contributed by atoms with Crippen molar-refractivity contribution in [2.75, 3.05) is 26.2 Å². The lowest BCUT2D eigenvalue weighted by Gasteiger charge is -2.38. The highest BCUT2D eigenvalue weighted by molar-refractivity contribution is 5.74. The Bertz CT molecular complexity index is 442. The number of likely N-dealkylation sites (tertiary alicyclic amines) is 1. The van der Waals surface area contributed by atoms with E-state index < -0.39 is 5.97 Å². The smallest absolute Gasteiger partial charge is 0.317 e. The first kappa shape index (κ1) is 21.0. The molecule has 6 heteroatoms. The fraction of sp³-hybridized carbons (Fsp3) is 0.900. The fourth-order valence-electron chi connectivity index (χ4n) is 4.46. The molecule has 0 spiro atoms. The first-order chi connectivity index (χ1) is 12.5. The minimum absolute atomic E-state index is 0.0711. The molecule has 6 nitrogen and oxygen atoms in total. The number of urea groups is 1. The molecular weight excluding hydrogens is 330 g/mol. The first-order valence-electron chi connectivity index (χ1n) is 10.5. The molecule has 26 heavy (non-hydrogen) atoms. The summed E-state index contributed by atoms with van der Waals surface area (Å²) in [5, 5.41) is 12.3. The Morgan fingerprint density at radius 3 is 2.27 bits per heavy atom. The van der Waals surface area contributed by atoms with Crippen molar-refractivity contribution in [3.05, 3.63) is 0 Å². The second-order valence-electron chi connectivity index (χ2n) is 7.98. The Labute approximate surface area is 158 Å². The first-order valence-corrected chi connectivity index (χ1v) is 10.5. The summed E-state index contributed by atoms with van der Waals surface area (Å²) in [7, 11) is 0. The number of carbonyl (C=O) groups excluding carboxylic acids is 1. The maximum absolute atomic E-state index is 12.6. The molecule has 2 rings (SSSR count). The Kier molecular flexibility index (Phi) is 8.69. The molecule has 0 aromatic rings. The van der Waals surface area contributed by atoms with Crippen LogP contribution in [0.1, 0.15) is 71.6 Å². The number of amides is 2. The van der Waals surface area contributed by atoms with Gasteiger partial charge < -0.3 is 15.3 Å². The Hall–Kier alpha value is -1.30. The maximum Gasteiger partial charge on any atom is 0.317 e. The predicted molar refractivity (Wildman–Crippen MR) is 103 cm³/mol. The molecule has 2 amide bonds. The molecule has 1 saturated carbocycles. The van der Waals surface area contributed by atoms with Crippen LogP contribution in [0.3, 0.4) is 0 Å². The molecular formula is C20H37N3O3. The Balaban J connectivity index is 1.69. The number of carbonyl (C=O) groups is 2. The van der Waals surface area contributed by atoms with Crippen molar-refractivity contribution >= 4 is 12.0 Å². The number of aliphatic carboxylic acids is 1. The van der Waals surface area contributed by atoms with Crippen LogP contribution in [0, 0.1) is 5.92 Å². The normalized spacial score (nSPS) is 24.7. The molecule has 1 saturated heterocycles. The zero-order valence-electron chi connectivity index (χ0n) is 16.6. The van der Waals surface area contributed by atoms with E-state index in [1.54, 1.807) is 0 Å². The van der Waals surface area contributed by atoms with E-state index in [1.807, 2.05) is 16.7 Å². The van der Waals surface area contributed by atoms with E-state index in [0.29, 0.717) is 6.04 Å². The molecule has 2 aliphatic rings. The van der Waals surface area contributed by atoms with Crippen molar-refractivity contribution in [1.82, 2.24) is 15.1 Å². The average Bonchev–Trinajstić information content (AvgIpc) is 2.65. The van der Waals surface area contributed by atoms with E-state index in [-0.39, 0.29) is 18.6 Å².